The van der Waals surface area contributed by atoms with Gasteiger partial charge in [0.05, 0.1) is 6.61 Å². The summed E-state index contributed by atoms with van der Waals surface area (Å²) in [6, 6.07) is 0. The van der Waals surface area contributed by atoms with E-state index in [9.17, 15) is 0 Å². The molecule has 0 amide bonds. The first-order valence-electron chi connectivity index (χ1n) is 2.84. The fraction of sp³-hybridized carbons (Fsp3) is 1.00. The maximum atomic E-state index is 8.06. The molecular formula is C5H10O4. The summed E-state index contributed by atoms with van der Waals surface area (Å²) >= 11 is 0. The van der Waals surface area contributed by atoms with Gasteiger partial charge in [-0.25, -0.2) is 14.7 Å². The van der Waals surface area contributed by atoms with Gasteiger partial charge in [0, 0.05) is 6.42 Å². The van der Waals surface area contributed by atoms with Crippen molar-refractivity contribution in [2.24, 2.45) is 0 Å². The highest BCUT2D eigenvalue weighted by Gasteiger charge is 2.32. The van der Waals surface area contributed by atoms with Gasteiger partial charge in [0.2, 0.25) is 0 Å². The quantitative estimate of drug-likeness (QED) is 0.443. The molecular weight excluding hydrogens is 124 g/mol. The Morgan fingerprint density at radius 3 is 3.00 bits per heavy atom. The van der Waals surface area contributed by atoms with Crippen LogP contribution in [-0.4, -0.2) is 24.1 Å². The Balaban J connectivity index is 2.32. The van der Waals surface area contributed by atoms with Crippen LogP contribution in [0.5, 0.6) is 0 Å². The van der Waals surface area contributed by atoms with Gasteiger partial charge in [-0.1, -0.05) is 0 Å². The molecule has 54 valence electrons. The summed E-state index contributed by atoms with van der Waals surface area (Å²) in [5.41, 5.74) is -0.450. The first kappa shape index (κ1) is 6.95. The molecule has 0 bridgehead atoms. The van der Waals surface area contributed by atoms with E-state index in [2.05, 4.69) is 9.78 Å². The highest BCUT2D eigenvalue weighted by molar-refractivity contribution is 4.74. The fourth-order valence-electron chi connectivity index (χ4n) is 0.716. The second-order valence-electron chi connectivity index (χ2n) is 2.38. The van der Waals surface area contributed by atoms with E-state index in [0.29, 0.717) is 6.61 Å². The topological polar surface area (TPSA) is 47.9 Å². The minimum Gasteiger partial charge on any atom is -0.252 e. The Morgan fingerprint density at radius 2 is 2.56 bits per heavy atom. The average Bonchev–Trinajstić information content (AvgIpc) is 2.16. The third-order valence-electron chi connectivity index (χ3n) is 1.34. The van der Waals surface area contributed by atoms with Crippen LogP contribution in [0, 0.1) is 0 Å². The van der Waals surface area contributed by atoms with Crippen LogP contribution in [-0.2, 0) is 14.7 Å². The van der Waals surface area contributed by atoms with Crippen LogP contribution in [0.3, 0.4) is 0 Å². The van der Waals surface area contributed by atoms with Gasteiger partial charge >= 0.3 is 0 Å². The fourth-order valence-corrected chi connectivity index (χ4v) is 0.716. The van der Waals surface area contributed by atoms with E-state index in [4.69, 9.17) is 10.1 Å². The normalized spacial score (nSPS) is 35.3. The summed E-state index contributed by atoms with van der Waals surface area (Å²) in [6.45, 7) is 2.54. The van der Waals surface area contributed by atoms with Gasteiger partial charge in [-0.15, -0.1) is 0 Å². The molecule has 0 aromatic rings. The zero-order valence-corrected chi connectivity index (χ0v) is 5.29. The Bertz CT molecular complexity index is 87.0. The van der Waals surface area contributed by atoms with E-state index in [-0.39, 0.29) is 6.61 Å². The number of hydrogen-bond acceptors (Lipinski definition) is 4. The number of hydrogen-bond donors (Lipinski definition) is 1. The van der Waals surface area contributed by atoms with Crippen molar-refractivity contribution in [1.29, 1.82) is 0 Å². The van der Waals surface area contributed by atoms with Crippen molar-refractivity contribution in [3.8, 4) is 0 Å². The zero-order valence-electron chi connectivity index (χ0n) is 5.29. The smallest absolute Gasteiger partial charge is 0.129 e. The average molecular weight is 134 g/mol. The molecule has 1 aliphatic rings. The second-order valence-corrected chi connectivity index (χ2v) is 2.38. The molecule has 0 saturated carbocycles. The maximum Gasteiger partial charge on any atom is 0.129 e. The van der Waals surface area contributed by atoms with Gasteiger partial charge in [-0.3, -0.25) is 5.26 Å². The predicted molar refractivity (Wildman–Crippen MR) is 28.6 cm³/mol. The van der Waals surface area contributed by atoms with Crippen molar-refractivity contribution in [1.82, 2.24) is 0 Å². The molecule has 1 atom stereocenters. The van der Waals surface area contributed by atoms with Crippen LogP contribution < -0.4 is 0 Å². The molecule has 0 unspecified atom stereocenters. The summed E-state index contributed by atoms with van der Waals surface area (Å²) in [7, 11) is 0. The van der Waals surface area contributed by atoms with Crippen molar-refractivity contribution in [2.75, 3.05) is 13.2 Å². The first-order chi connectivity index (χ1) is 4.27. The molecule has 1 N–H and O–H groups in total. The van der Waals surface area contributed by atoms with Crippen molar-refractivity contribution in [3.05, 3.63) is 0 Å². The van der Waals surface area contributed by atoms with E-state index >= 15 is 0 Å². The highest BCUT2D eigenvalue weighted by Crippen LogP contribution is 2.22. The van der Waals surface area contributed by atoms with Crippen LogP contribution in [0.4, 0.5) is 0 Å². The molecule has 1 heterocycles. The zero-order chi connectivity index (χ0) is 6.74. The second kappa shape index (κ2) is 2.62. The van der Waals surface area contributed by atoms with Crippen LogP contribution in [0.1, 0.15) is 13.3 Å². The minimum atomic E-state index is -0.450. The molecule has 4 heteroatoms. The molecule has 0 aliphatic carbocycles. The summed E-state index contributed by atoms with van der Waals surface area (Å²) in [5, 5.41) is 8.06. The summed E-state index contributed by atoms with van der Waals surface area (Å²) in [4.78, 5) is 13.3. The Kier molecular flexibility index (Phi) is 2.02. The third-order valence-corrected chi connectivity index (χ3v) is 1.34. The van der Waals surface area contributed by atoms with E-state index < -0.39 is 5.60 Å². The molecule has 1 rings (SSSR count). The maximum absolute atomic E-state index is 8.06. The van der Waals surface area contributed by atoms with E-state index in [1.54, 1.807) is 0 Å². The summed E-state index contributed by atoms with van der Waals surface area (Å²) in [6.07, 6.45) is 0.758. The minimum absolute atomic E-state index is 0.160. The molecule has 0 aromatic carbocycles. The van der Waals surface area contributed by atoms with E-state index in [0.717, 1.165) is 6.42 Å². The summed E-state index contributed by atoms with van der Waals surface area (Å²) in [5.74, 6) is 0. The third kappa shape index (κ3) is 1.62. The lowest BCUT2D eigenvalue weighted by Gasteiger charge is -2.16. The van der Waals surface area contributed by atoms with Gasteiger partial charge in [-0.05, 0) is 6.92 Å². The molecule has 1 aliphatic heterocycles. The Hall–Kier alpha value is -0.160. The first-order valence-corrected chi connectivity index (χ1v) is 2.84. The molecule has 1 fully saturated rings. The molecule has 0 aromatic heterocycles. The van der Waals surface area contributed by atoms with Gasteiger partial charge in [0.15, 0.2) is 0 Å². The largest absolute Gasteiger partial charge is 0.252 e. The van der Waals surface area contributed by atoms with Gasteiger partial charge in [0.25, 0.3) is 0 Å². The summed E-state index contributed by atoms with van der Waals surface area (Å²) < 4.78 is 0. The standard InChI is InChI=1S/C5H10O4/c1-5(4-7-6)2-3-8-9-5/h6H,2-4H2,1H3/t5-/m0/s1. The molecule has 4 nitrogen and oxygen atoms in total. The van der Waals surface area contributed by atoms with Crippen molar-refractivity contribution in [2.45, 2.75) is 18.9 Å². The van der Waals surface area contributed by atoms with Crippen molar-refractivity contribution < 1.29 is 19.9 Å². The lowest BCUT2D eigenvalue weighted by atomic mass is 10.1. The molecule has 1 saturated heterocycles. The van der Waals surface area contributed by atoms with Crippen molar-refractivity contribution >= 4 is 0 Å². The highest BCUT2D eigenvalue weighted by atomic mass is 17.2. The Labute approximate surface area is 53.2 Å². The van der Waals surface area contributed by atoms with Gasteiger partial charge in [-0.2, -0.15) is 0 Å². The van der Waals surface area contributed by atoms with Gasteiger partial charge < -0.3 is 0 Å². The SMILES string of the molecule is C[C@@]1(COO)CCOO1. The lowest BCUT2D eigenvalue weighted by molar-refractivity contribution is -0.344. The lowest BCUT2D eigenvalue weighted by Crippen LogP contribution is -2.28. The predicted octanol–water partition coefficient (Wildman–Crippen LogP) is 0.587. The number of rotatable bonds is 2. The van der Waals surface area contributed by atoms with Crippen LogP contribution in [0.15, 0.2) is 0 Å². The van der Waals surface area contributed by atoms with Crippen LogP contribution in [0.25, 0.3) is 0 Å². The molecule has 9 heavy (non-hydrogen) atoms. The van der Waals surface area contributed by atoms with E-state index in [1.807, 2.05) is 6.92 Å². The Morgan fingerprint density at radius 1 is 1.78 bits per heavy atom. The van der Waals surface area contributed by atoms with Crippen molar-refractivity contribution in [3.63, 3.8) is 0 Å². The molecule has 0 radical (unpaired) electrons. The molecule has 0 spiro atoms. The van der Waals surface area contributed by atoms with E-state index in [1.165, 1.54) is 0 Å². The monoisotopic (exact) mass is 134 g/mol. The van der Waals surface area contributed by atoms with Gasteiger partial charge in [0.1, 0.15) is 12.2 Å². The van der Waals surface area contributed by atoms with Crippen LogP contribution in [0.2, 0.25) is 0 Å². The van der Waals surface area contributed by atoms with Crippen LogP contribution >= 0.6 is 0 Å².